The Morgan fingerprint density at radius 2 is 2.14 bits per heavy atom. The molecule has 2 N–H and O–H groups in total. The summed E-state index contributed by atoms with van der Waals surface area (Å²) in [6, 6.07) is 0. The van der Waals surface area contributed by atoms with Crippen LogP contribution in [0, 0.1) is 17.3 Å². The Labute approximate surface area is 86.0 Å². The van der Waals surface area contributed by atoms with Crippen LogP contribution in [-0.4, -0.2) is 19.6 Å². The normalized spacial score (nSPS) is 31.4. The van der Waals surface area contributed by atoms with Crippen molar-refractivity contribution >= 4 is 5.97 Å². The Balaban J connectivity index is 2.44. The molecule has 0 aromatic rings. The molecule has 0 radical (unpaired) electrons. The van der Waals surface area contributed by atoms with Gasteiger partial charge in [-0.15, -0.1) is 0 Å². The van der Waals surface area contributed by atoms with Gasteiger partial charge in [-0.1, -0.05) is 13.8 Å². The predicted octanol–water partition coefficient (Wildman–Crippen LogP) is 1.56. The van der Waals surface area contributed by atoms with E-state index >= 15 is 0 Å². The molecule has 0 bridgehead atoms. The molecule has 1 fully saturated rings. The van der Waals surface area contributed by atoms with E-state index in [1.165, 1.54) is 13.5 Å². The molecule has 0 atom stereocenters. The first-order chi connectivity index (χ1) is 6.54. The number of carbonyl (C=O) groups is 1. The highest BCUT2D eigenvalue weighted by atomic mass is 16.5. The van der Waals surface area contributed by atoms with Gasteiger partial charge in [0.25, 0.3) is 0 Å². The molecule has 1 aliphatic rings. The molecule has 1 aliphatic carbocycles. The van der Waals surface area contributed by atoms with Gasteiger partial charge in [-0.2, -0.15) is 0 Å². The fraction of sp³-hybridized carbons (Fsp3) is 0.909. The molecule has 0 unspecified atom stereocenters. The van der Waals surface area contributed by atoms with Crippen LogP contribution in [0.15, 0.2) is 0 Å². The third-order valence-corrected chi connectivity index (χ3v) is 3.17. The van der Waals surface area contributed by atoms with Crippen molar-refractivity contribution in [3.05, 3.63) is 0 Å². The maximum Gasteiger partial charge on any atom is 0.313 e. The second-order valence-electron chi connectivity index (χ2n) is 4.88. The maximum absolute atomic E-state index is 11.5. The van der Waals surface area contributed by atoms with Crippen molar-refractivity contribution in [2.45, 2.75) is 33.1 Å². The Bertz CT molecular complexity index is 207. The van der Waals surface area contributed by atoms with Gasteiger partial charge in [-0.05, 0) is 31.1 Å². The summed E-state index contributed by atoms with van der Waals surface area (Å²) < 4.78 is 4.78. The number of esters is 1. The fourth-order valence-electron chi connectivity index (χ4n) is 2.51. The summed E-state index contributed by atoms with van der Waals surface area (Å²) in [5.41, 5.74) is 5.28. The first kappa shape index (κ1) is 11.5. The van der Waals surface area contributed by atoms with E-state index in [0.29, 0.717) is 18.4 Å². The summed E-state index contributed by atoms with van der Waals surface area (Å²) in [7, 11) is 1.44. The minimum absolute atomic E-state index is 0.125. The lowest BCUT2D eigenvalue weighted by Gasteiger charge is -2.45. The SMILES string of the molecule is COC(=O)C1(CN)CC(CC(C)C)C1. The molecule has 0 aliphatic heterocycles. The Kier molecular flexibility index (Phi) is 3.53. The summed E-state index contributed by atoms with van der Waals surface area (Å²) in [6.45, 7) is 4.84. The van der Waals surface area contributed by atoms with Crippen molar-refractivity contribution in [1.82, 2.24) is 0 Å². The molecule has 0 saturated heterocycles. The smallest absolute Gasteiger partial charge is 0.313 e. The van der Waals surface area contributed by atoms with Gasteiger partial charge in [0.05, 0.1) is 12.5 Å². The van der Waals surface area contributed by atoms with E-state index in [-0.39, 0.29) is 11.4 Å². The van der Waals surface area contributed by atoms with Gasteiger partial charge in [0.1, 0.15) is 0 Å². The lowest BCUT2D eigenvalue weighted by Crippen LogP contribution is -2.50. The largest absolute Gasteiger partial charge is 0.469 e. The number of carbonyl (C=O) groups excluding carboxylic acids is 1. The van der Waals surface area contributed by atoms with Crippen molar-refractivity contribution in [3.63, 3.8) is 0 Å². The Morgan fingerprint density at radius 1 is 1.57 bits per heavy atom. The predicted molar refractivity (Wildman–Crippen MR) is 55.7 cm³/mol. The average Bonchev–Trinajstić information content (AvgIpc) is 2.09. The minimum atomic E-state index is -0.353. The van der Waals surface area contributed by atoms with Gasteiger partial charge < -0.3 is 10.5 Å². The van der Waals surface area contributed by atoms with Crippen LogP contribution in [0.2, 0.25) is 0 Å². The quantitative estimate of drug-likeness (QED) is 0.699. The van der Waals surface area contributed by atoms with Crippen molar-refractivity contribution < 1.29 is 9.53 Å². The molecule has 3 nitrogen and oxygen atoms in total. The highest BCUT2D eigenvalue weighted by Gasteiger charge is 2.49. The third-order valence-electron chi connectivity index (χ3n) is 3.17. The molecular weight excluding hydrogens is 178 g/mol. The summed E-state index contributed by atoms with van der Waals surface area (Å²) in [6.07, 6.45) is 3.02. The molecule has 14 heavy (non-hydrogen) atoms. The van der Waals surface area contributed by atoms with Crippen LogP contribution < -0.4 is 5.73 Å². The van der Waals surface area contributed by atoms with Gasteiger partial charge in [0.2, 0.25) is 0 Å². The van der Waals surface area contributed by atoms with E-state index in [1.807, 2.05) is 0 Å². The summed E-state index contributed by atoms with van der Waals surface area (Å²) >= 11 is 0. The molecule has 3 heteroatoms. The Hall–Kier alpha value is -0.570. The van der Waals surface area contributed by atoms with Crippen LogP contribution in [0.1, 0.15) is 33.1 Å². The van der Waals surface area contributed by atoms with Crippen LogP contribution in [0.3, 0.4) is 0 Å². The fourth-order valence-corrected chi connectivity index (χ4v) is 2.51. The third kappa shape index (κ3) is 2.08. The minimum Gasteiger partial charge on any atom is -0.469 e. The number of methoxy groups -OCH3 is 1. The average molecular weight is 199 g/mol. The molecule has 0 aromatic heterocycles. The van der Waals surface area contributed by atoms with Crippen molar-refractivity contribution in [2.75, 3.05) is 13.7 Å². The molecule has 1 rings (SSSR count). The highest BCUT2D eigenvalue weighted by molar-refractivity contribution is 5.78. The monoisotopic (exact) mass is 199 g/mol. The number of ether oxygens (including phenoxy) is 1. The molecule has 0 amide bonds. The van der Waals surface area contributed by atoms with Crippen LogP contribution in [-0.2, 0) is 9.53 Å². The first-order valence-electron chi connectivity index (χ1n) is 5.32. The molecule has 0 aromatic carbocycles. The number of hydrogen-bond acceptors (Lipinski definition) is 3. The lowest BCUT2D eigenvalue weighted by atomic mass is 9.60. The topological polar surface area (TPSA) is 52.3 Å². The lowest BCUT2D eigenvalue weighted by molar-refractivity contribution is -0.161. The first-order valence-corrected chi connectivity index (χ1v) is 5.32. The van der Waals surface area contributed by atoms with Crippen molar-refractivity contribution in [1.29, 1.82) is 0 Å². The number of rotatable bonds is 4. The van der Waals surface area contributed by atoms with E-state index in [1.54, 1.807) is 0 Å². The van der Waals surface area contributed by atoms with E-state index in [0.717, 1.165) is 12.8 Å². The van der Waals surface area contributed by atoms with E-state index in [9.17, 15) is 4.79 Å². The molecule has 82 valence electrons. The number of hydrogen-bond donors (Lipinski definition) is 1. The zero-order valence-electron chi connectivity index (χ0n) is 9.38. The molecule has 0 heterocycles. The van der Waals surface area contributed by atoms with E-state index in [2.05, 4.69) is 13.8 Å². The second-order valence-corrected chi connectivity index (χ2v) is 4.88. The van der Waals surface area contributed by atoms with Gasteiger partial charge in [-0.25, -0.2) is 0 Å². The molecule has 0 spiro atoms. The van der Waals surface area contributed by atoms with E-state index in [4.69, 9.17) is 10.5 Å². The van der Waals surface area contributed by atoms with Gasteiger partial charge in [0, 0.05) is 6.54 Å². The standard InChI is InChI=1S/C11H21NO2/c1-8(2)4-9-5-11(6-9,7-12)10(13)14-3/h8-9H,4-7,12H2,1-3H3. The van der Waals surface area contributed by atoms with Crippen LogP contribution >= 0.6 is 0 Å². The Morgan fingerprint density at radius 3 is 2.50 bits per heavy atom. The second kappa shape index (κ2) is 4.30. The van der Waals surface area contributed by atoms with Crippen LogP contribution in [0.25, 0.3) is 0 Å². The van der Waals surface area contributed by atoms with Crippen molar-refractivity contribution in [3.8, 4) is 0 Å². The summed E-state index contributed by atoms with van der Waals surface area (Å²) in [4.78, 5) is 11.5. The van der Waals surface area contributed by atoms with Gasteiger partial charge >= 0.3 is 5.97 Å². The van der Waals surface area contributed by atoms with Crippen molar-refractivity contribution in [2.24, 2.45) is 23.0 Å². The summed E-state index contributed by atoms with van der Waals surface area (Å²) in [5.74, 6) is 1.24. The number of nitrogens with two attached hydrogens (primary N) is 1. The van der Waals surface area contributed by atoms with Crippen LogP contribution in [0.5, 0.6) is 0 Å². The summed E-state index contributed by atoms with van der Waals surface area (Å²) in [5, 5.41) is 0. The zero-order valence-corrected chi connectivity index (χ0v) is 9.38. The maximum atomic E-state index is 11.5. The van der Waals surface area contributed by atoms with E-state index < -0.39 is 0 Å². The zero-order chi connectivity index (χ0) is 10.8. The van der Waals surface area contributed by atoms with Gasteiger partial charge in [0.15, 0.2) is 0 Å². The van der Waals surface area contributed by atoms with Crippen LogP contribution in [0.4, 0.5) is 0 Å². The molecular formula is C11H21NO2. The molecule has 1 saturated carbocycles. The van der Waals surface area contributed by atoms with Gasteiger partial charge in [-0.3, -0.25) is 4.79 Å². The highest BCUT2D eigenvalue weighted by Crippen LogP contribution is 2.48.